The van der Waals surface area contributed by atoms with Gasteiger partial charge in [0.15, 0.2) is 0 Å². The Balaban J connectivity index is 2.64. The van der Waals surface area contributed by atoms with E-state index in [9.17, 15) is 9.59 Å². The molecule has 0 saturated heterocycles. The summed E-state index contributed by atoms with van der Waals surface area (Å²) in [5.41, 5.74) is 0.866. The predicted molar refractivity (Wildman–Crippen MR) is 77.8 cm³/mol. The van der Waals surface area contributed by atoms with Crippen LogP contribution >= 0.6 is 11.6 Å². The molecular formula is C14H19ClN2O3. The van der Waals surface area contributed by atoms with Crippen LogP contribution in [-0.2, 0) is 11.3 Å². The number of carbonyl (C=O) groups is 2. The first-order valence-electron chi connectivity index (χ1n) is 6.44. The summed E-state index contributed by atoms with van der Waals surface area (Å²) in [6.45, 7) is 3.73. The number of carbonyl (C=O) groups excluding carboxylic acids is 1. The molecule has 110 valence electrons. The van der Waals surface area contributed by atoms with Crippen molar-refractivity contribution in [2.75, 3.05) is 6.54 Å². The molecule has 0 fully saturated rings. The highest BCUT2D eigenvalue weighted by Gasteiger charge is 2.21. The second-order valence-corrected chi connectivity index (χ2v) is 5.00. The molecule has 1 aromatic rings. The molecular weight excluding hydrogens is 280 g/mol. The topological polar surface area (TPSA) is 69.6 Å². The van der Waals surface area contributed by atoms with Gasteiger partial charge < -0.3 is 15.3 Å². The van der Waals surface area contributed by atoms with Crippen LogP contribution in [0.3, 0.4) is 0 Å². The maximum Gasteiger partial charge on any atom is 0.323 e. The molecule has 0 radical (unpaired) electrons. The van der Waals surface area contributed by atoms with E-state index in [1.54, 1.807) is 18.2 Å². The van der Waals surface area contributed by atoms with Gasteiger partial charge in [0.25, 0.3) is 0 Å². The van der Waals surface area contributed by atoms with E-state index in [1.165, 1.54) is 4.90 Å². The van der Waals surface area contributed by atoms with Crippen LogP contribution in [0.25, 0.3) is 0 Å². The number of urea groups is 1. The van der Waals surface area contributed by atoms with Gasteiger partial charge in [-0.3, -0.25) is 4.79 Å². The number of nitrogens with zero attached hydrogens (tertiary/aromatic N) is 1. The third kappa shape index (κ3) is 5.09. The molecule has 0 spiro atoms. The van der Waals surface area contributed by atoms with E-state index >= 15 is 0 Å². The van der Waals surface area contributed by atoms with E-state index in [1.807, 2.05) is 19.9 Å². The molecule has 0 heterocycles. The number of halogens is 1. The van der Waals surface area contributed by atoms with E-state index in [0.717, 1.165) is 5.56 Å². The van der Waals surface area contributed by atoms with Gasteiger partial charge in [0, 0.05) is 17.6 Å². The van der Waals surface area contributed by atoms with Crippen LogP contribution < -0.4 is 5.32 Å². The highest BCUT2D eigenvalue weighted by atomic mass is 35.5. The Labute approximate surface area is 123 Å². The quantitative estimate of drug-likeness (QED) is 0.848. The van der Waals surface area contributed by atoms with E-state index in [4.69, 9.17) is 16.7 Å². The van der Waals surface area contributed by atoms with Gasteiger partial charge in [-0.05, 0) is 31.0 Å². The zero-order chi connectivity index (χ0) is 15.1. The Morgan fingerprint density at radius 1 is 1.45 bits per heavy atom. The van der Waals surface area contributed by atoms with Crippen molar-refractivity contribution in [3.05, 3.63) is 34.9 Å². The van der Waals surface area contributed by atoms with Crippen LogP contribution in [0.2, 0.25) is 5.02 Å². The minimum absolute atomic E-state index is 0.134. The lowest BCUT2D eigenvalue weighted by atomic mass is 10.2. The molecule has 0 aliphatic heterocycles. The van der Waals surface area contributed by atoms with Crippen LogP contribution in [0.4, 0.5) is 4.79 Å². The summed E-state index contributed by atoms with van der Waals surface area (Å²) in [5.74, 6) is -1.02. The maximum absolute atomic E-state index is 12.1. The van der Waals surface area contributed by atoms with Gasteiger partial charge in [0.05, 0.1) is 0 Å². The number of nitrogens with one attached hydrogen (secondary N) is 1. The summed E-state index contributed by atoms with van der Waals surface area (Å²) < 4.78 is 0. The summed E-state index contributed by atoms with van der Waals surface area (Å²) in [6, 6.07) is 6.63. The van der Waals surface area contributed by atoms with E-state index in [-0.39, 0.29) is 18.6 Å². The van der Waals surface area contributed by atoms with Crippen LogP contribution in [0.5, 0.6) is 0 Å². The van der Waals surface area contributed by atoms with Crippen molar-refractivity contribution in [3.8, 4) is 0 Å². The first kappa shape index (κ1) is 16.3. The number of hydrogen-bond donors (Lipinski definition) is 2. The van der Waals surface area contributed by atoms with Crippen LogP contribution in [0.1, 0.15) is 25.8 Å². The normalized spacial score (nSPS) is 11.8. The minimum atomic E-state index is -1.02. The zero-order valence-electron chi connectivity index (χ0n) is 11.6. The molecule has 0 aliphatic rings. The van der Waals surface area contributed by atoms with Gasteiger partial charge in [-0.25, -0.2) is 4.79 Å². The van der Waals surface area contributed by atoms with Crippen molar-refractivity contribution in [2.45, 2.75) is 32.9 Å². The van der Waals surface area contributed by atoms with Gasteiger partial charge in [-0.15, -0.1) is 0 Å². The summed E-state index contributed by atoms with van der Waals surface area (Å²) >= 11 is 5.86. The van der Waals surface area contributed by atoms with E-state index in [0.29, 0.717) is 18.0 Å². The predicted octanol–water partition coefficient (Wildman–Crippen LogP) is 2.73. The Bertz CT molecular complexity index is 479. The van der Waals surface area contributed by atoms with Gasteiger partial charge in [0.1, 0.15) is 6.54 Å². The van der Waals surface area contributed by atoms with Crippen molar-refractivity contribution in [3.63, 3.8) is 0 Å². The molecule has 0 aromatic heterocycles. The van der Waals surface area contributed by atoms with Gasteiger partial charge in [-0.1, -0.05) is 30.7 Å². The fourth-order valence-electron chi connectivity index (χ4n) is 1.72. The van der Waals surface area contributed by atoms with Gasteiger partial charge >= 0.3 is 12.0 Å². The average Bonchev–Trinajstić information content (AvgIpc) is 2.41. The lowest BCUT2D eigenvalue weighted by Crippen LogP contribution is -2.47. The molecule has 2 N–H and O–H groups in total. The molecule has 6 heteroatoms. The Morgan fingerprint density at radius 2 is 2.15 bits per heavy atom. The molecule has 1 rings (SSSR count). The second kappa shape index (κ2) is 7.75. The monoisotopic (exact) mass is 298 g/mol. The number of aliphatic carboxylic acids is 1. The average molecular weight is 299 g/mol. The minimum Gasteiger partial charge on any atom is -0.480 e. The van der Waals surface area contributed by atoms with Crippen LogP contribution in [-0.4, -0.2) is 34.6 Å². The fraction of sp³-hybridized carbons (Fsp3) is 0.429. The molecule has 20 heavy (non-hydrogen) atoms. The van der Waals surface area contributed by atoms with Crippen molar-refractivity contribution >= 4 is 23.6 Å². The summed E-state index contributed by atoms with van der Waals surface area (Å²) in [5, 5.41) is 12.2. The number of rotatable bonds is 6. The Morgan fingerprint density at radius 3 is 2.70 bits per heavy atom. The molecule has 0 bridgehead atoms. The lowest BCUT2D eigenvalue weighted by molar-refractivity contribution is -0.138. The molecule has 5 nitrogen and oxygen atoms in total. The van der Waals surface area contributed by atoms with Crippen LogP contribution in [0.15, 0.2) is 24.3 Å². The molecule has 1 atom stereocenters. The molecule has 2 amide bonds. The van der Waals surface area contributed by atoms with Crippen molar-refractivity contribution < 1.29 is 14.7 Å². The largest absolute Gasteiger partial charge is 0.480 e. The first-order chi connectivity index (χ1) is 9.43. The van der Waals surface area contributed by atoms with Crippen molar-refractivity contribution in [2.24, 2.45) is 0 Å². The Kier molecular flexibility index (Phi) is 6.31. The summed E-state index contributed by atoms with van der Waals surface area (Å²) in [7, 11) is 0. The highest BCUT2D eigenvalue weighted by molar-refractivity contribution is 6.30. The number of hydrogen-bond acceptors (Lipinski definition) is 2. The van der Waals surface area contributed by atoms with Crippen molar-refractivity contribution in [1.29, 1.82) is 0 Å². The van der Waals surface area contributed by atoms with E-state index < -0.39 is 5.97 Å². The molecule has 0 aliphatic carbocycles. The third-order valence-corrected chi connectivity index (χ3v) is 3.26. The number of amides is 2. The van der Waals surface area contributed by atoms with Gasteiger partial charge in [0.2, 0.25) is 0 Å². The summed E-state index contributed by atoms with van der Waals surface area (Å²) in [6.07, 6.45) is 0.692. The molecule has 1 aromatic carbocycles. The number of benzene rings is 1. The van der Waals surface area contributed by atoms with E-state index in [2.05, 4.69) is 5.32 Å². The smallest absolute Gasteiger partial charge is 0.323 e. The molecule has 0 saturated carbocycles. The first-order valence-corrected chi connectivity index (χ1v) is 6.82. The summed E-state index contributed by atoms with van der Waals surface area (Å²) in [4.78, 5) is 24.2. The number of carboxylic acid groups (broad SMARTS) is 1. The number of carboxylic acids is 1. The lowest BCUT2D eigenvalue weighted by Gasteiger charge is -2.27. The zero-order valence-corrected chi connectivity index (χ0v) is 12.4. The maximum atomic E-state index is 12.1. The molecule has 1 unspecified atom stereocenters. The second-order valence-electron chi connectivity index (χ2n) is 4.57. The standard InChI is InChI=1S/C14H19ClN2O3/c1-3-10(2)17(9-13(18)19)14(20)16-8-11-5-4-6-12(15)7-11/h4-7,10H,3,8-9H2,1-2H3,(H,16,20)(H,18,19). The SMILES string of the molecule is CCC(C)N(CC(=O)O)C(=O)NCc1cccc(Cl)c1. The fourth-order valence-corrected chi connectivity index (χ4v) is 1.93. The highest BCUT2D eigenvalue weighted by Crippen LogP contribution is 2.11. The van der Waals surface area contributed by atoms with Crippen molar-refractivity contribution in [1.82, 2.24) is 10.2 Å². The Hall–Kier alpha value is -1.75. The van der Waals surface area contributed by atoms with Gasteiger partial charge in [-0.2, -0.15) is 0 Å². The third-order valence-electron chi connectivity index (χ3n) is 3.02. The van der Waals surface area contributed by atoms with Crippen LogP contribution in [0, 0.1) is 0 Å².